The third kappa shape index (κ3) is 3.47. The molecule has 5 rings (SSSR count). The predicted octanol–water partition coefficient (Wildman–Crippen LogP) is 6.29. The SMILES string of the molecule is C[C@]12CC[C@H]3[C@@H](CCC4=C(O)C(=O)CC[C@@]43C)[C@@H]1CC[C@@H]2OC(=O)CCC1CCCC1. The van der Waals surface area contributed by atoms with E-state index in [9.17, 15) is 14.7 Å². The maximum absolute atomic E-state index is 12.7. The summed E-state index contributed by atoms with van der Waals surface area (Å²) >= 11 is 0. The quantitative estimate of drug-likeness (QED) is 0.535. The van der Waals surface area contributed by atoms with Crippen LogP contribution in [0, 0.1) is 34.5 Å². The fourth-order valence-corrected chi connectivity index (χ4v) is 8.67. The summed E-state index contributed by atoms with van der Waals surface area (Å²) in [6.45, 7) is 4.69. The van der Waals surface area contributed by atoms with Crippen molar-refractivity contribution >= 4 is 11.8 Å². The van der Waals surface area contributed by atoms with E-state index in [4.69, 9.17) is 4.74 Å². The van der Waals surface area contributed by atoms with Gasteiger partial charge < -0.3 is 9.84 Å². The van der Waals surface area contributed by atoms with Crippen molar-refractivity contribution in [2.75, 3.05) is 0 Å². The number of ether oxygens (including phenoxy) is 1. The van der Waals surface area contributed by atoms with Gasteiger partial charge in [0.05, 0.1) is 0 Å². The van der Waals surface area contributed by atoms with Gasteiger partial charge in [-0.3, -0.25) is 9.59 Å². The normalized spacial score (nSPS) is 42.8. The largest absolute Gasteiger partial charge is 0.504 e. The summed E-state index contributed by atoms with van der Waals surface area (Å²) in [6.07, 6.45) is 14.6. The Hall–Kier alpha value is -1.32. The number of esters is 1. The summed E-state index contributed by atoms with van der Waals surface area (Å²) in [5.74, 6) is 2.54. The zero-order valence-electron chi connectivity index (χ0n) is 19.5. The lowest BCUT2D eigenvalue weighted by Gasteiger charge is -2.57. The average molecular weight is 429 g/mol. The summed E-state index contributed by atoms with van der Waals surface area (Å²) in [5.41, 5.74) is 1.11. The van der Waals surface area contributed by atoms with Crippen molar-refractivity contribution < 1.29 is 19.4 Å². The first-order valence-corrected chi connectivity index (χ1v) is 13.0. The Kier molecular flexibility index (Phi) is 5.50. The van der Waals surface area contributed by atoms with Gasteiger partial charge in [0.1, 0.15) is 6.10 Å². The molecule has 0 bridgehead atoms. The third-order valence-electron chi connectivity index (χ3n) is 10.5. The molecule has 0 aromatic heterocycles. The number of aliphatic hydroxyl groups excluding tert-OH is 1. The molecule has 31 heavy (non-hydrogen) atoms. The summed E-state index contributed by atoms with van der Waals surface area (Å²) in [6, 6.07) is 0. The number of carbonyl (C=O) groups is 2. The van der Waals surface area contributed by atoms with Gasteiger partial charge in [0.15, 0.2) is 11.5 Å². The maximum atomic E-state index is 12.7. The lowest BCUT2D eigenvalue weighted by Crippen LogP contribution is -2.52. The van der Waals surface area contributed by atoms with Crippen LogP contribution in [0.1, 0.15) is 104 Å². The van der Waals surface area contributed by atoms with Crippen LogP contribution in [0.5, 0.6) is 0 Å². The van der Waals surface area contributed by atoms with E-state index in [0.717, 1.165) is 62.9 Å². The van der Waals surface area contributed by atoms with E-state index in [2.05, 4.69) is 13.8 Å². The Balaban J connectivity index is 1.27. The second-order valence-corrected chi connectivity index (χ2v) is 11.9. The highest BCUT2D eigenvalue weighted by Crippen LogP contribution is 2.66. The smallest absolute Gasteiger partial charge is 0.306 e. The minimum Gasteiger partial charge on any atom is -0.504 e. The van der Waals surface area contributed by atoms with Crippen LogP contribution in [-0.2, 0) is 14.3 Å². The van der Waals surface area contributed by atoms with Crippen LogP contribution >= 0.6 is 0 Å². The average Bonchev–Trinajstić information content (AvgIpc) is 3.38. The van der Waals surface area contributed by atoms with Crippen LogP contribution < -0.4 is 0 Å². The molecular formula is C27H40O4. The molecule has 0 aliphatic heterocycles. The fourth-order valence-electron chi connectivity index (χ4n) is 8.67. The number of rotatable bonds is 4. The number of hydrogen-bond acceptors (Lipinski definition) is 4. The molecule has 0 saturated heterocycles. The predicted molar refractivity (Wildman–Crippen MR) is 119 cm³/mol. The Morgan fingerprint density at radius 2 is 1.77 bits per heavy atom. The molecule has 0 heterocycles. The molecule has 4 saturated carbocycles. The van der Waals surface area contributed by atoms with Crippen LogP contribution in [0.25, 0.3) is 0 Å². The molecule has 5 aliphatic carbocycles. The molecule has 0 aromatic carbocycles. The highest BCUT2D eigenvalue weighted by molar-refractivity contribution is 5.95. The molecule has 1 N–H and O–H groups in total. The Morgan fingerprint density at radius 3 is 2.55 bits per heavy atom. The Morgan fingerprint density at radius 1 is 1.00 bits per heavy atom. The van der Waals surface area contributed by atoms with Gasteiger partial charge in [-0.1, -0.05) is 39.5 Å². The third-order valence-corrected chi connectivity index (χ3v) is 10.5. The van der Waals surface area contributed by atoms with Gasteiger partial charge >= 0.3 is 5.97 Å². The van der Waals surface area contributed by atoms with Gasteiger partial charge in [0.25, 0.3) is 0 Å². The van der Waals surface area contributed by atoms with Crippen LogP contribution in [0.4, 0.5) is 0 Å². The molecule has 0 unspecified atom stereocenters. The van der Waals surface area contributed by atoms with Gasteiger partial charge in [-0.15, -0.1) is 0 Å². The van der Waals surface area contributed by atoms with Gasteiger partial charge in [-0.25, -0.2) is 0 Å². The van der Waals surface area contributed by atoms with Crippen LogP contribution in [-0.4, -0.2) is 23.0 Å². The lowest BCUT2D eigenvalue weighted by atomic mass is 9.47. The van der Waals surface area contributed by atoms with E-state index < -0.39 is 0 Å². The Bertz CT molecular complexity index is 778. The molecule has 4 fully saturated rings. The van der Waals surface area contributed by atoms with Crippen molar-refractivity contribution in [3.8, 4) is 0 Å². The van der Waals surface area contributed by atoms with Gasteiger partial charge in [0.2, 0.25) is 0 Å². The first kappa shape index (κ1) is 21.5. The second-order valence-electron chi connectivity index (χ2n) is 11.9. The zero-order chi connectivity index (χ0) is 21.8. The van der Waals surface area contributed by atoms with Crippen molar-refractivity contribution in [3.05, 3.63) is 11.3 Å². The molecule has 172 valence electrons. The van der Waals surface area contributed by atoms with Crippen LogP contribution in [0.3, 0.4) is 0 Å². The molecular weight excluding hydrogens is 388 g/mol. The number of ketones is 1. The molecule has 4 heteroatoms. The fraction of sp³-hybridized carbons (Fsp3) is 0.852. The number of aliphatic hydroxyl groups is 1. The summed E-state index contributed by atoms with van der Waals surface area (Å²) in [7, 11) is 0. The van der Waals surface area contributed by atoms with Crippen LogP contribution in [0.15, 0.2) is 11.3 Å². The number of hydrogen-bond donors (Lipinski definition) is 1. The molecule has 5 aliphatic rings. The summed E-state index contributed by atoms with van der Waals surface area (Å²) in [4.78, 5) is 24.8. The minimum atomic E-state index is -0.0583. The molecule has 0 aromatic rings. The summed E-state index contributed by atoms with van der Waals surface area (Å²) < 4.78 is 6.15. The molecule has 0 spiro atoms. The molecule has 0 amide bonds. The van der Waals surface area contributed by atoms with E-state index in [1.54, 1.807) is 0 Å². The molecule has 4 nitrogen and oxygen atoms in total. The van der Waals surface area contributed by atoms with Crippen molar-refractivity contribution in [1.29, 1.82) is 0 Å². The van der Waals surface area contributed by atoms with Crippen molar-refractivity contribution in [2.24, 2.45) is 34.5 Å². The molecule has 6 atom stereocenters. The highest BCUT2D eigenvalue weighted by atomic mass is 16.5. The van der Waals surface area contributed by atoms with E-state index in [1.165, 1.54) is 25.7 Å². The topological polar surface area (TPSA) is 63.6 Å². The van der Waals surface area contributed by atoms with E-state index in [0.29, 0.717) is 30.6 Å². The minimum absolute atomic E-state index is 0.0254. The highest BCUT2D eigenvalue weighted by Gasteiger charge is 2.60. The number of Topliss-reactive ketones (excluding diaryl/α,β-unsaturated/α-hetero) is 1. The van der Waals surface area contributed by atoms with Crippen molar-refractivity contribution in [2.45, 2.75) is 110 Å². The standard InChI is InChI=1S/C27H40O4/c1-26-16-14-22(28)25(30)21(26)9-8-18-19-10-11-23(27(19,2)15-13-20(18)26)31-24(29)12-7-17-5-3-4-6-17/h17-20,23,30H,3-16H2,1-2H3/t18-,19-,20-,23-,26+,27-/m0/s1. The molecule has 0 radical (unpaired) electrons. The van der Waals surface area contributed by atoms with Gasteiger partial charge in [-0.2, -0.15) is 0 Å². The van der Waals surface area contributed by atoms with E-state index in [-0.39, 0.29) is 34.4 Å². The summed E-state index contributed by atoms with van der Waals surface area (Å²) in [5, 5.41) is 10.5. The number of carbonyl (C=O) groups excluding carboxylic acids is 2. The van der Waals surface area contributed by atoms with Gasteiger partial charge in [0, 0.05) is 18.3 Å². The maximum Gasteiger partial charge on any atom is 0.306 e. The van der Waals surface area contributed by atoms with Crippen molar-refractivity contribution in [1.82, 2.24) is 0 Å². The van der Waals surface area contributed by atoms with E-state index in [1.807, 2.05) is 0 Å². The number of allylic oxidation sites excluding steroid dienone is 1. The van der Waals surface area contributed by atoms with E-state index >= 15 is 0 Å². The van der Waals surface area contributed by atoms with Crippen molar-refractivity contribution in [3.63, 3.8) is 0 Å². The Labute approximate surface area is 187 Å². The lowest BCUT2D eigenvalue weighted by molar-refractivity contribution is -0.160. The van der Waals surface area contributed by atoms with Crippen LogP contribution in [0.2, 0.25) is 0 Å². The second kappa shape index (κ2) is 7.92. The van der Waals surface area contributed by atoms with Gasteiger partial charge in [-0.05, 0) is 86.0 Å². The zero-order valence-corrected chi connectivity index (χ0v) is 19.5. The first-order valence-electron chi connectivity index (χ1n) is 13.0. The number of fused-ring (bicyclic) bond motifs is 5. The monoisotopic (exact) mass is 428 g/mol. The first-order chi connectivity index (χ1) is 14.8.